The molecule has 0 aromatic heterocycles. The molecule has 0 saturated carbocycles. The van der Waals surface area contributed by atoms with Crippen LogP contribution in [-0.4, -0.2) is 49.0 Å². The van der Waals surface area contributed by atoms with Crippen molar-refractivity contribution in [2.45, 2.75) is 38.0 Å². The van der Waals surface area contributed by atoms with E-state index in [-0.39, 0.29) is 6.61 Å². The van der Waals surface area contributed by atoms with Crippen LogP contribution in [0, 0.1) is 5.41 Å². The molecular formula is C12H25NO2S. The van der Waals surface area contributed by atoms with Gasteiger partial charge < -0.3 is 15.2 Å². The largest absolute Gasteiger partial charge is 0.395 e. The molecular weight excluding hydrogens is 222 g/mol. The average Bonchev–Trinajstić information content (AvgIpc) is 2.29. The first-order valence-corrected chi connectivity index (χ1v) is 7.35. The molecule has 4 heteroatoms. The van der Waals surface area contributed by atoms with Crippen molar-refractivity contribution >= 4 is 11.8 Å². The lowest BCUT2D eigenvalue weighted by Crippen LogP contribution is -2.44. The first kappa shape index (κ1) is 14.3. The second-order valence-corrected chi connectivity index (χ2v) is 6.13. The van der Waals surface area contributed by atoms with Crippen molar-refractivity contribution in [3.05, 3.63) is 0 Å². The SMILES string of the molecule is CSC(CO)C(C)NCC1(C)CCOCC1. The average molecular weight is 247 g/mol. The third-order valence-electron chi connectivity index (χ3n) is 3.59. The standard InChI is InChI=1S/C12H25NO2S/c1-10(11(8-14)16-3)13-9-12(2)4-6-15-7-5-12/h10-11,13-14H,4-9H2,1-3H3. The predicted molar refractivity (Wildman–Crippen MR) is 70.0 cm³/mol. The van der Waals surface area contributed by atoms with Gasteiger partial charge in [-0.15, -0.1) is 0 Å². The molecule has 0 amide bonds. The van der Waals surface area contributed by atoms with E-state index in [0.717, 1.165) is 32.6 Å². The van der Waals surface area contributed by atoms with E-state index in [1.54, 1.807) is 11.8 Å². The van der Waals surface area contributed by atoms with Gasteiger partial charge in [0.1, 0.15) is 0 Å². The lowest BCUT2D eigenvalue weighted by molar-refractivity contribution is 0.0229. The predicted octanol–water partition coefficient (Wildman–Crippen LogP) is 1.51. The molecule has 0 radical (unpaired) electrons. The first-order valence-electron chi connectivity index (χ1n) is 6.06. The summed E-state index contributed by atoms with van der Waals surface area (Å²) >= 11 is 1.73. The molecule has 0 bridgehead atoms. The van der Waals surface area contributed by atoms with Crippen molar-refractivity contribution in [2.24, 2.45) is 5.41 Å². The van der Waals surface area contributed by atoms with Crippen molar-refractivity contribution in [2.75, 3.05) is 32.6 Å². The summed E-state index contributed by atoms with van der Waals surface area (Å²) in [4.78, 5) is 0. The quantitative estimate of drug-likeness (QED) is 0.746. The van der Waals surface area contributed by atoms with Crippen LogP contribution in [0.25, 0.3) is 0 Å². The molecule has 0 aromatic rings. The number of aliphatic hydroxyl groups is 1. The monoisotopic (exact) mass is 247 g/mol. The van der Waals surface area contributed by atoms with E-state index in [1.165, 1.54) is 0 Å². The minimum Gasteiger partial charge on any atom is -0.395 e. The summed E-state index contributed by atoms with van der Waals surface area (Å²) in [6.45, 7) is 7.52. The van der Waals surface area contributed by atoms with Gasteiger partial charge in [-0.25, -0.2) is 0 Å². The topological polar surface area (TPSA) is 41.5 Å². The molecule has 2 atom stereocenters. The van der Waals surface area contributed by atoms with Crippen LogP contribution in [0.2, 0.25) is 0 Å². The summed E-state index contributed by atoms with van der Waals surface area (Å²) in [5, 5.41) is 13.1. The number of aliphatic hydroxyl groups excluding tert-OH is 1. The van der Waals surface area contributed by atoms with Crippen LogP contribution in [0.15, 0.2) is 0 Å². The fraction of sp³-hybridized carbons (Fsp3) is 1.00. The summed E-state index contributed by atoms with van der Waals surface area (Å²) in [6.07, 6.45) is 4.32. The normalized spacial score (nSPS) is 24.0. The Morgan fingerprint density at radius 2 is 2.06 bits per heavy atom. The molecule has 1 rings (SSSR count). The Bertz CT molecular complexity index is 191. The highest BCUT2D eigenvalue weighted by molar-refractivity contribution is 7.99. The van der Waals surface area contributed by atoms with E-state index in [9.17, 15) is 5.11 Å². The lowest BCUT2D eigenvalue weighted by atomic mass is 9.82. The van der Waals surface area contributed by atoms with E-state index in [2.05, 4.69) is 25.4 Å². The molecule has 0 aromatic carbocycles. The molecule has 1 aliphatic rings. The Morgan fingerprint density at radius 3 is 2.56 bits per heavy atom. The molecule has 1 heterocycles. The summed E-state index contributed by atoms with van der Waals surface area (Å²) in [5.74, 6) is 0. The fourth-order valence-corrected chi connectivity index (χ4v) is 2.67. The molecule has 16 heavy (non-hydrogen) atoms. The Labute approximate surface area is 103 Å². The van der Waals surface area contributed by atoms with Crippen LogP contribution < -0.4 is 5.32 Å². The first-order chi connectivity index (χ1) is 7.61. The smallest absolute Gasteiger partial charge is 0.0564 e. The highest BCUT2D eigenvalue weighted by atomic mass is 32.2. The molecule has 2 N–H and O–H groups in total. The van der Waals surface area contributed by atoms with Crippen molar-refractivity contribution in [1.82, 2.24) is 5.32 Å². The Hall–Kier alpha value is 0.230. The van der Waals surface area contributed by atoms with Gasteiger partial charge in [0.05, 0.1) is 6.61 Å². The van der Waals surface area contributed by atoms with Gasteiger partial charge in [0, 0.05) is 31.1 Å². The number of hydrogen-bond acceptors (Lipinski definition) is 4. The van der Waals surface area contributed by atoms with Crippen molar-refractivity contribution in [1.29, 1.82) is 0 Å². The molecule has 1 saturated heterocycles. The number of thioether (sulfide) groups is 1. The maximum atomic E-state index is 9.22. The summed E-state index contributed by atoms with van der Waals surface area (Å²) < 4.78 is 5.39. The second-order valence-electron chi connectivity index (χ2n) is 5.05. The van der Waals surface area contributed by atoms with E-state index in [1.807, 2.05) is 0 Å². The summed E-state index contributed by atoms with van der Waals surface area (Å²) in [7, 11) is 0. The number of hydrogen-bond donors (Lipinski definition) is 2. The number of ether oxygens (including phenoxy) is 1. The highest BCUT2D eigenvalue weighted by Gasteiger charge is 2.28. The number of nitrogens with one attached hydrogen (secondary N) is 1. The molecule has 1 aliphatic heterocycles. The van der Waals surface area contributed by atoms with Gasteiger partial charge in [0.15, 0.2) is 0 Å². The van der Waals surface area contributed by atoms with Crippen LogP contribution >= 0.6 is 11.8 Å². The third kappa shape index (κ3) is 4.24. The van der Waals surface area contributed by atoms with Gasteiger partial charge >= 0.3 is 0 Å². The van der Waals surface area contributed by atoms with Crippen LogP contribution in [0.1, 0.15) is 26.7 Å². The van der Waals surface area contributed by atoms with Crippen molar-refractivity contribution in [3.8, 4) is 0 Å². The Morgan fingerprint density at radius 1 is 1.44 bits per heavy atom. The molecule has 96 valence electrons. The van der Waals surface area contributed by atoms with E-state index < -0.39 is 0 Å². The molecule has 0 spiro atoms. The summed E-state index contributed by atoms with van der Waals surface area (Å²) in [5.41, 5.74) is 0.366. The minimum absolute atomic E-state index is 0.245. The van der Waals surface area contributed by atoms with Gasteiger partial charge in [-0.3, -0.25) is 0 Å². The second kappa shape index (κ2) is 6.84. The zero-order valence-electron chi connectivity index (χ0n) is 10.7. The van der Waals surface area contributed by atoms with Crippen LogP contribution in [-0.2, 0) is 4.74 Å². The zero-order chi connectivity index (χ0) is 12.0. The zero-order valence-corrected chi connectivity index (χ0v) is 11.5. The minimum atomic E-state index is 0.245. The molecule has 2 unspecified atom stereocenters. The third-order valence-corrected chi connectivity index (χ3v) is 4.75. The maximum absolute atomic E-state index is 9.22. The highest BCUT2D eigenvalue weighted by Crippen LogP contribution is 2.29. The Kier molecular flexibility index (Phi) is 6.11. The van der Waals surface area contributed by atoms with Gasteiger partial charge in [-0.2, -0.15) is 11.8 Å². The summed E-state index contributed by atoms with van der Waals surface area (Å²) in [6, 6.07) is 0.361. The van der Waals surface area contributed by atoms with Crippen molar-refractivity contribution in [3.63, 3.8) is 0 Å². The van der Waals surface area contributed by atoms with Gasteiger partial charge in [0.25, 0.3) is 0 Å². The van der Waals surface area contributed by atoms with Crippen LogP contribution in [0.5, 0.6) is 0 Å². The van der Waals surface area contributed by atoms with E-state index in [0.29, 0.717) is 16.7 Å². The molecule has 0 aliphatic carbocycles. The van der Waals surface area contributed by atoms with Gasteiger partial charge in [0.2, 0.25) is 0 Å². The maximum Gasteiger partial charge on any atom is 0.0564 e. The molecule has 3 nitrogen and oxygen atoms in total. The van der Waals surface area contributed by atoms with E-state index in [4.69, 9.17) is 4.74 Å². The van der Waals surface area contributed by atoms with Crippen LogP contribution in [0.4, 0.5) is 0 Å². The Balaban J connectivity index is 2.31. The van der Waals surface area contributed by atoms with Gasteiger partial charge in [-0.05, 0) is 31.4 Å². The fourth-order valence-electron chi connectivity index (χ4n) is 2.02. The lowest BCUT2D eigenvalue weighted by Gasteiger charge is -2.35. The van der Waals surface area contributed by atoms with Crippen molar-refractivity contribution < 1.29 is 9.84 Å². The molecule has 1 fully saturated rings. The van der Waals surface area contributed by atoms with Crippen LogP contribution in [0.3, 0.4) is 0 Å². The van der Waals surface area contributed by atoms with E-state index >= 15 is 0 Å². The number of rotatable bonds is 6. The van der Waals surface area contributed by atoms with Gasteiger partial charge in [-0.1, -0.05) is 6.92 Å².